The molecule has 0 radical (unpaired) electrons. The first-order chi connectivity index (χ1) is 8.60. The van der Waals surface area contributed by atoms with Crippen LogP contribution in [0.25, 0.3) is 0 Å². The van der Waals surface area contributed by atoms with E-state index in [-0.39, 0.29) is 10.8 Å². The van der Waals surface area contributed by atoms with Gasteiger partial charge in [-0.2, -0.15) is 0 Å². The maximum absolute atomic E-state index is 8.71. The Morgan fingerprint density at radius 1 is 1.26 bits per heavy atom. The zero-order chi connectivity index (χ0) is 15.1. The molecule has 0 fully saturated rings. The summed E-state index contributed by atoms with van der Waals surface area (Å²) in [6.45, 7) is 11.5. The Labute approximate surface area is 118 Å². The lowest BCUT2D eigenvalue weighted by Gasteiger charge is -2.29. The number of oxime groups is 1. The third kappa shape index (κ3) is 8.06. The van der Waals surface area contributed by atoms with Crippen molar-refractivity contribution in [2.75, 3.05) is 33.7 Å². The molecule has 4 N–H and O–H groups in total. The minimum Gasteiger partial charge on any atom is -0.409 e. The van der Waals surface area contributed by atoms with Crippen molar-refractivity contribution in [2.24, 2.45) is 21.7 Å². The first-order valence-electron chi connectivity index (χ1n) is 6.94. The van der Waals surface area contributed by atoms with Crippen LogP contribution in [0.5, 0.6) is 0 Å². The van der Waals surface area contributed by atoms with Crippen LogP contribution >= 0.6 is 0 Å². The van der Waals surface area contributed by atoms with Crippen molar-refractivity contribution in [3.63, 3.8) is 0 Å². The minimum absolute atomic E-state index is 0.240. The van der Waals surface area contributed by atoms with Crippen LogP contribution in [0.2, 0.25) is 0 Å². The van der Waals surface area contributed by atoms with Gasteiger partial charge in [0.1, 0.15) is 5.84 Å². The molecule has 0 amide bonds. The molecule has 114 valence electrons. The molecule has 0 aromatic heterocycles. The van der Waals surface area contributed by atoms with Crippen LogP contribution in [-0.4, -0.2) is 49.7 Å². The van der Waals surface area contributed by atoms with Crippen molar-refractivity contribution in [2.45, 2.75) is 40.5 Å². The van der Waals surface area contributed by atoms with Crippen LogP contribution in [0, 0.1) is 10.8 Å². The summed E-state index contributed by atoms with van der Waals surface area (Å²) in [5.41, 5.74) is 5.69. The Morgan fingerprint density at radius 2 is 1.84 bits per heavy atom. The number of rotatable bonds is 9. The molecule has 5 nitrogen and oxygen atoms in total. The molecular weight excluding hydrogens is 240 g/mol. The van der Waals surface area contributed by atoms with Crippen molar-refractivity contribution in [3.05, 3.63) is 0 Å². The fraction of sp³-hybridized carbons (Fsp3) is 0.929. The second kappa shape index (κ2) is 7.70. The van der Waals surface area contributed by atoms with Gasteiger partial charge < -0.3 is 21.2 Å². The predicted molar refractivity (Wildman–Crippen MR) is 81.6 cm³/mol. The van der Waals surface area contributed by atoms with Gasteiger partial charge in [0.2, 0.25) is 0 Å². The van der Waals surface area contributed by atoms with E-state index in [2.05, 4.69) is 43.3 Å². The Morgan fingerprint density at radius 3 is 2.32 bits per heavy atom. The highest BCUT2D eigenvalue weighted by atomic mass is 16.4. The SMILES string of the molecule is CN(C)CC(C)(C)CNCCCC(C)(C)C(N)=NO. The van der Waals surface area contributed by atoms with Crippen LogP contribution in [0.3, 0.4) is 0 Å². The largest absolute Gasteiger partial charge is 0.409 e. The fourth-order valence-corrected chi connectivity index (χ4v) is 2.26. The fourth-order valence-electron chi connectivity index (χ4n) is 2.26. The van der Waals surface area contributed by atoms with E-state index in [9.17, 15) is 0 Å². The molecule has 0 aliphatic carbocycles. The number of amidine groups is 1. The average Bonchev–Trinajstić information content (AvgIpc) is 2.25. The summed E-state index contributed by atoms with van der Waals surface area (Å²) < 4.78 is 0. The topological polar surface area (TPSA) is 73.9 Å². The normalized spacial score (nSPS) is 14.2. The number of nitrogens with one attached hydrogen (secondary N) is 1. The summed E-state index contributed by atoms with van der Waals surface area (Å²) in [6.07, 6.45) is 1.92. The second-order valence-electron chi connectivity index (χ2n) is 7.05. The van der Waals surface area contributed by atoms with Gasteiger partial charge in [0.05, 0.1) is 0 Å². The molecule has 0 heterocycles. The molecule has 19 heavy (non-hydrogen) atoms. The van der Waals surface area contributed by atoms with Gasteiger partial charge in [-0.25, -0.2) is 0 Å². The van der Waals surface area contributed by atoms with Gasteiger partial charge in [-0.05, 0) is 38.9 Å². The Kier molecular flexibility index (Phi) is 7.37. The summed E-state index contributed by atoms with van der Waals surface area (Å²) >= 11 is 0. The summed E-state index contributed by atoms with van der Waals surface area (Å²) in [4.78, 5) is 2.21. The molecule has 0 bridgehead atoms. The van der Waals surface area contributed by atoms with Gasteiger partial charge in [0, 0.05) is 18.5 Å². The second-order valence-corrected chi connectivity index (χ2v) is 7.05. The van der Waals surface area contributed by atoms with Gasteiger partial charge in [-0.3, -0.25) is 0 Å². The molecule has 0 spiro atoms. The van der Waals surface area contributed by atoms with Crippen LogP contribution < -0.4 is 11.1 Å². The monoisotopic (exact) mass is 272 g/mol. The lowest BCUT2D eigenvalue weighted by atomic mass is 9.86. The molecule has 0 unspecified atom stereocenters. The zero-order valence-electron chi connectivity index (χ0n) is 13.5. The van der Waals surface area contributed by atoms with Gasteiger partial charge in [-0.1, -0.05) is 32.9 Å². The quantitative estimate of drug-likeness (QED) is 0.196. The van der Waals surface area contributed by atoms with Gasteiger partial charge in [0.15, 0.2) is 0 Å². The van der Waals surface area contributed by atoms with Crippen molar-refractivity contribution in [3.8, 4) is 0 Å². The third-order valence-corrected chi connectivity index (χ3v) is 3.30. The lowest BCUT2D eigenvalue weighted by molar-refractivity contribution is 0.231. The van der Waals surface area contributed by atoms with Crippen molar-refractivity contribution in [1.82, 2.24) is 10.2 Å². The molecule has 0 aliphatic rings. The highest BCUT2D eigenvalue weighted by molar-refractivity contribution is 5.85. The molecule has 0 aromatic carbocycles. The Bertz CT molecular complexity index is 285. The summed E-state index contributed by atoms with van der Waals surface area (Å²) in [6, 6.07) is 0. The Hall–Kier alpha value is -0.810. The molecule has 0 aromatic rings. The van der Waals surface area contributed by atoms with Crippen molar-refractivity contribution >= 4 is 5.84 Å². The minimum atomic E-state index is -0.240. The van der Waals surface area contributed by atoms with Crippen molar-refractivity contribution < 1.29 is 5.21 Å². The molecule has 0 aliphatic heterocycles. The van der Waals surface area contributed by atoms with E-state index >= 15 is 0 Å². The van der Waals surface area contributed by atoms with E-state index in [1.807, 2.05) is 13.8 Å². The number of nitrogens with zero attached hydrogens (tertiary/aromatic N) is 2. The van der Waals surface area contributed by atoms with Crippen molar-refractivity contribution in [1.29, 1.82) is 0 Å². The maximum Gasteiger partial charge on any atom is 0.144 e. The van der Waals surface area contributed by atoms with Gasteiger partial charge in [0.25, 0.3) is 0 Å². The van der Waals surface area contributed by atoms with E-state index < -0.39 is 0 Å². The highest BCUT2D eigenvalue weighted by Gasteiger charge is 2.23. The van der Waals surface area contributed by atoms with Gasteiger partial charge >= 0.3 is 0 Å². The summed E-state index contributed by atoms with van der Waals surface area (Å²) in [5, 5.41) is 15.3. The maximum atomic E-state index is 8.71. The molecule has 0 saturated heterocycles. The van der Waals surface area contributed by atoms with Crippen LogP contribution in [0.1, 0.15) is 40.5 Å². The number of hydrogen-bond acceptors (Lipinski definition) is 4. The van der Waals surface area contributed by atoms with E-state index in [0.717, 1.165) is 32.5 Å². The van der Waals surface area contributed by atoms with E-state index in [4.69, 9.17) is 10.9 Å². The van der Waals surface area contributed by atoms with E-state index in [0.29, 0.717) is 5.84 Å². The number of hydrogen-bond donors (Lipinski definition) is 3. The lowest BCUT2D eigenvalue weighted by Crippen LogP contribution is -2.38. The molecule has 0 atom stereocenters. The first-order valence-corrected chi connectivity index (χ1v) is 6.94. The average molecular weight is 272 g/mol. The molecular formula is C14H32N4O. The first kappa shape index (κ1) is 18.2. The van der Waals surface area contributed by atoms with Crippen LogP contribution in [0.4, 0.5) is 0 Å². The summed E-state index contributed by atoms with van der Waals surface area (Å²) in [7, 11) is 4.20. The highest BCUT2D eigenvalue weighted by Crippen LogP contribution is 2.22. The Balaban J connectivity index is 3.88. The smallest absolute Gasteiger partial charge is 0.144 e. The third-order valence-electron chi connectivity index (χ3n) is 3.30. The molecule has 0 saturated carbocycles. The standard InChI is InChI=1S/C14H32N4O/c1-13(2,11-18(5)6)10-16-9-7-8-14(3,4)12(15)17-19/h16,19H,7-11H2,1-6H3,(H2,15,17). The summed E-state index contributed by atoms with van der Waals surface area (Å²) in [5.74, 6) is 0.306. The molecule has 0 rings (SSSR count). The van der Waals surface area contributed by atoms with E-state index in [1.54, 1.807) is 0 Å². The predicted octanol–water partition coefficient (Wildman–Crippen LogP) is 1.72. The van der Waals surface area contributed by atoms with Gasteiger partial charge in [-0.15, -0.1) is 0 Å². The van der Waals surface area contributed by atoms with E-state index in [1.165, 1.54) is 0 Å². The zero-order valence-corrected chi connectivity index (χ0v) is 13.5. The van der Waals surface area contributed by atoms with Crippen LogP contribution in [0.15, 0.2) is 5.16 Å². The molecule has 5 heteroatoms. The number of nitrogens with two attached hydrogens (primary N) is 1. The van der Waals surface area contributed by atoms with Crippen LogP contribution in [-0.2, 0) is 0 Å².